The molecule has 0 aliphatic heterocycles. The van der Waals surface area contributed by atoms with Crippen molar-refractivity contribution in [3.05, 3.63) is 35.4 Å². The van der Waals surface area contributed by atoms with E-state index in [4.69, 9.17) is 30.5 Å². The van der Waals surface area contributed by atoms with Crippen molar-refractivity contribution >= 4 is 22.4 Å². The average Bonchev–Trinajstić information content (AvgIpc) is 2.60. The van der Waals surface area contributed by atoms with E-state index in [1.54, 1.807) is 12.1 Å². The van der Waals surface area contributed by atoms with Gasteiger partial charge in [0.15, 0.2) is 0 Å². The van der Waals surface area contributed by atoms with Gasteiger partial charge in [0.2, 0.25) is 0 Å². The predicted octanol–water partition coefficient (Wildman–Crippen LogP) is 2.27. The molecule has 2 rings (SSSR count). The van der Waals surface area contributed by atoms with E-state index in [1.165, 1.54) is 14.2 Å². The van der Waals surface area contributed by atoms with Crippen molar-refractivity contribution in [3.8, 4) is 11.5 Å². The fraction of sp³-hybridized carbons (Fsp3) is 0.444. The predicted molar refractivity (Wildman–Crippen MR) is 95.7 cm³/mol. The summed E-state index contributed by atoms with van der Waals surface area (Å²) in [5.41, 5.74) is 0. The largest absolute Gasteiger partial charge is 0.491 e. The van der Waals surface area contributed by atoms with E-state index in [0.29, 0.717) is 16.5 Å². The van der Waals surface area contributed by atoms with Crippen molar-refractivity contribution in [2.45, 2.75) is 12.2 Å². The van der Waals surface area contributed by atoms with E-state index < -0.39 is 12.2 Å². The number of hydrogen-bond acceptors (Lipinski definition) is 6. The van der Waals surface area contributed by atoms with Crippen LogP contribution in [-0.2, 0) is 9.47 Å². The summed E-state index contributed by atoms with van der Waals surface area (Å²) in [5, 5.41) is 21.4. The third-order valence-corrected chi connectivity index (χ3v) is 3.87. The van der Waals surface area contributed by atoms with Gasteiger partial charge in [0.1, 0.15) is 36.9 Å². The third kappa shape index (κ3) is 5.73. The quantitative estimate of drug-likeness (QED) is 0.668. The van der Waals surface area contributed by atoms with Crippen LogP contribution in [0.15, 0.2) is 30.3 Å². The highest BCUT2D eigenvalue weighted by Gasteiger charge is 2.11. The first-order valence-electron chi connectivity index (χ1n) is 7.87. The first-order chi connectivity index (χ1) is 12.0. The first kappa shape index (κ1) is 19.8. The van der Waals surface area contributed by atoms with E-state index in [-0.39, 0.29) is 26.4 Å². The lowest BCUT2D eigenvalue weighted by Crippen LogP contribution is -2.22. The lowest BCUT2D eigenvalue weighted by Gasteiger charge is -2.15. The average molecular weight is 371 g/mol. The Hall–Kier alpha value is -1.57. The second-order valence-electron chi connectivity index (χ2n) is 5.60. The molecule has 0 heterocycles. The van der Waals surface area contributed by atoms with Crippen LogP contribution in [-0.4, -0.2) is 63.1 Å². The maximum atomic E-state index is 9.65. The van der Waals surface area contributed by atoms with Crippen molar-refractivity contribution in [3.63, 3.8) is 0 Å². The lowest BCUT2D eigenvalue weighted by atomic mass is 10.1. The molecular formula is C18H23ClO6. The van der Waals surface area contributed by atoms with Gasteiger partial charge in [0.05, 0.1) is 18.2 Å². The molecular weight excluding hydrogens is 348 g/mol. The molecule has 25 heavy (non-hydrogen) atoms. The molecule has 0 amide bonds. The Kier molecular flexibility index (Phi) is 7.74. The molecule has 2 aromatic rings. The van der Waals surface area contributed by atoms with Crippen LogP contribution in [0.1, 0.15) is 0 Å². The maximum absolute atomic E-state index is 9.65. The zero-order valence-electron chi connectivity index (χ0n) is 14.3. The second-order valence-corrected chi connectivity index (χ2v) is 5.98. The van der Waals surface area contributed by atoms with Gasteiger partial charge in [0.25, 0.3) is 0 Å². The molecule has 0 aliphatic carbocycles. The number of aliphatic hydroxyl groups excluding tert-OH is 2. The van der Waals surface area contributed by atoms with Gasteiger partial charge in [-0.1, -0.05) is 17.7 Å². The summed E-state index contributed by atoms with van der Waals surface area (Å²) in [7, 11) is 3.04. The van der Waals surface area contributed by atoms with Gasteiger partial charge < -0.3 is 29.2 Å². The van der Waals surface area contributed by atoms with Gasteiger partial charge in [-0.2, -0.15) is 0 Å². The standard InChI is InChI=1S/C18H23ClO6/c1-22-8-13(20)10-24-15-4-5-16-12(7-15)3-6-17(18(16)19)25-11-14(21)9-23-2/h3-7,13-14,20-21H,8-11H2,1-2H3. The van der Waals surface area contributed by atoms with Crippen LogP contribution in [0.5, 0.6) is 11.5 Å². The molecule has 2 atom stereocenters. The first-order valence-corrected chi connectivity index (χ1v) is 8.24. The highest BCUT2D eigenvalue weighted by Crippen LogP contribution is 2.34. The molecule has 0 bridgehead atoms. The van der Waals surface area contributed by atoms with Gasteiger partial charge in [0, 0.05) is 19.6 Å². The Balaban J connectivity index is 2.07. The van der Waals surface area contributed by atoms with E-state index in [2.05, 4.69) is 0 Å². The molecule has 0 aromatic heterocycles. The lowest BCUT2D eigenvalue weighted by molar-refractivity contribution is 0.0325. The summed E-state index contributed by atoms with van der Waals surface area (Å²) >= 11 is 6.39. The Labute approximate surface area is 151 Å². The number of rotatable bonds is 10. The Morgan fingerprint density at radius 3 is 2.16 bits per heavy atom. The Morgan fingerprint density at radius 1 is 0.880 bits per heavy atom. The normalized spacial score (nSPS) is 13.6. The second kappa shape index (κ2) is 9.79. The van der Waals surface area contributed by atoms with Crippen molar-refractivity contribution in [2.75, 3.05) is 40.6 Å². The highest BCUT2D eigenvalue weighted by atomic mass is 35.5. The number of methoxy groups -OCH3 is 2. The molecule has 0 spiro atoms. The zero-order chi connectivity index (χ0) is 18.2. The van der Waals surface area contributed by atoms with E-state index in [9.17, 15) is 10.2 Å². The van der Waals surface area contributed by atoms with Crippen LogP contribution in [0.4, 0.5) is 0 Å². The molecule has 0 fully saturated rings. The van der Waals surface area contributed by atoms with E-state index in [0.717, 1.165) is 10.8 Å². The van der Waals surface area contributed by atoms with Gasteiger partial charge in [-0.15, -0.1) is 0 Å². The summed E-state index contributed by atoms with van der Waals surface area (Å²) < 4.78 is 20.8. The molecule has 0 saturated carbocycles. The smallest absolute Gasteiger partial charge is 0.138 e. The van der Waals surface area contributed by atoms with Crippen LogP contribution in [0.25, 0.3) is 10.8 Å². The highest BCUT2D eigenvalue weighted by molar-refractivity contribution is 6.37. The summed E-state index contributed by atoms with van der Waals surface area (Å²) in [6.45, 7) is 0.652. The summed E-state index contributed by atoms with van der Waals surface area (Å²) in [6, 6.07) is 9.04. The molecule has 2 unspecified atom stereocenters. The maximum Gasteiger partial charge on any atom is 0.138 e. The number of hydrogen-bond donors (Lipinski definition) is 2. The monoisotopic (exact) mass is 370 g/mol. The van der Waals surface area contributed by atoms with E-state index >= 15 is 0 Å². The number of aliphatic hydroxyl groups is 2. The Bertz CT molecular complexity index is 678. The molecule has 6 nitrogen and oxygen atoms in total. The van der Waals surface area contributed by atoms with Crippen molar-refractivity contribution in [1.29, 1.82) is 0 Å². The summed E-state index contributed by atoms with van der Waals surface area (Å²) in [6.07, 6.45) is -1.40. The molecule has 2 aromatic carbocycles. The van der Waals surface area contributed by atoms with Crippen LogP contribution in [0.3, 0.4) is 0 Å². The van der Waals surface area contributed by atoms with Crippen LogP contribution in [0.2, 0.25) is 5.02 Å². The van der Waals surface area contributed by atoms with Gasteiger partial charge in [-0.25, -0.2) is 0 Å². The fourth-order valence-corrected chi connectivity index (χ4v) is 2.60. The van der Waals surface area contributed by atoms with Crippen LogP contribution in [0, 0.1) is 0 Å². The number of halogens is 1. The van der Waals surface area contributed by atoms with Gasteiger partial charge in [-0.05, 0) is 29.7 Å². The van der Waals surface area contributed by atoms with Crippen molar-refractivity contribution in [1.82, 2.24) is 0 Å². The molecule has 0 aliphatic rings. The topological polar surface area (TPSA) is 77.4 Å². The Morgan fingerprint density at radius 2 is 1.52 bits per heavy atom. The molecule has 2 N–H and O–H groups in total. The number of fused-ring (bicyclic) bond motifs is 1. The molecule has 0 saturated heterocycles. The minimum Gasteiger partial charge on any atom is -0.491 e. The van der Waals surface area contributed by atoms with Crippen LogP contribution < -0.4 is 9.47 Å². The van der Waals surface area contributed by atoms with Gasteiger partial charge in [-0.3, -0.25) is 0 Å². The molecule has 138 valence electrons. The number of ether oxygens (including phenoxy) is 4. The zero-order valence-corrected chi connectivity index (χ0v) is 15.0. The summed E-state index contributed by atoms with van der Waals surface area (Å²) in [4.78, 5) is 0. The summed E-state index contributed by atoms with van der Waals surface area (Å²) in [5.74, 6) is 1.12. The minimum absolute atomic E-state index is 0.0949. The third-order valence-electron chi connectivity index (χ3n) is 3.48. The van der Waals surface area contributed by atoms with Crippen molar-refractivity contribution in [2.24, 2.45) is 0 Å². The fourth-order valence-electron chi connectivity index (χ4n) is 2.31. The van der Waals surface area contributed by atoms with Crippen molar-refractivity contribution < 1.29 is 29.2 Å². The SMILES string of the molecule is COCC(O)COc1ccc2c(Cl)c(OCC(O)COC)ccc2c1. The molecule has 7 heteroatoms. The number of benzene rings is 2. The minimum atomic E-state index is -0.717. The van der Waals surface area contributed by atoms with Gasteiger partial charge >= 0.3 is 0 Å². The molecule has 0 radical (unpaired) electrons. The van der Waals surface area contributed by atoms with E-state index in [1.807, 2.05) is 18.2 Å². The van der Waals surface area contributed by atoms with Crippen LogP contribution >= 0.6 is 11.6 Å².